The molecule has 2 rings (SSSR count). The van der Waals surface area contributed by atoms with Crippen LogP contribution in [0.1, 0.15) is 40.0 Å². The quantitative estimate of drug-likeness (QED) is 0.653. The van der Waals surface area contributed by atoms with Gasteiger partial charge in [0.1, 0.15) is 0 Å². The van der Waals surface area contributed by atoms with E-state index in [-0.39, 0.29) is 11.1 Å². The topological polar surface area (TPSA) is 64.4 Å². The maximum absolute atomic E-state index is 11.0. The lowest BCUT2D eigenvalue weighted by Gasteiger charge is -2.28. The molecule has 1 aliphatic rings. The van der Waals surface area contributed by atoms with Crippen LogP contribution in [0.4, 0.5) is 11.4 Å². The third-order valence-corrected chi connectivity index (χ3v) is 4.05. The molecule has 1 aromatic carbocycles. The van der Waals surface area contributed by atoms with Crippen molar-refractivity contribution in [2.24, 2.45) is 5.41 Å². The standard InChI is InChI=1S/C15H22N2O3/c1-4-20-13-10-11(7-8-12(13)17(18)19)16-14-6-5-9-15(14,2)3/h7-8,10,14,16H,4-6,9H2,1-3H3. The predicted molar refractivity (Wildman–Crippen MR) is 79.3 cm³/mol. The first-order valence-corrected chi connectivity index (χ1v) is 7.12. The van der Waals surface area contributed by atoms with Gasteiger partial charge in [-0.15, -0.1) is 0 Å². The van der Waals surface area contributed by atoms with E-state index < -0.39 is 4.92 Å². The summed E-state index contributed by atoms with van der Waals surface area (Å²) in [4.78, 5) is 10.6. The van der Waals surface area contributed by atoms with Gasteiger partial charge in [-0.05, 0) is 31.2 Å². The number of hydrogen-bond acceptors (Lipinski definition) is 4. The summed E-state index contributed by atoms with van der Waals surface area (Å²) in [5.41, 5.74) is 1.16. The lowest BCUT2D eigenvalue weighted by Crippen LogP contribution is -2.30. The van der Waals surface area contributed by atoms with Crippen molar-refractivity contribution >= 4 is 11.4 Å². The van der Waals surface area contributed by atoms with Crippen LogP contribution in [0.5, 0.6) is 5.75 Å². The zero-order valence-corrected chi connectivity index (χ0v) is 12.3. The highest BCUT2D eigenvalue weighted by molar-refractivity contribution is 5.58. The SMILES string of the molecule is CCOc1cc(NC2CCCC2(C)C)ccc1[N+](=O)[O-]. The van der Waals surface area contributed by atoms with Crippen molar-refractivity contribution in [1.82, 2.24) is 0 Å². The normalized spacial score (nSPS) is 20.6. The lowest BCUT2D eigenvalue weighted by molar-refractivity contribution is -0.385. The molecule has 1 N–H and O–H groups in total. The van der Waals surface area contributed by atoms with Crippen LogP contribution in [0.3, 0.4) is 0 Å². The molecule has 0 heterocycles. The van der Waals surface area contributed by atoms with Gasteiger partial charge in [-0.1, -0.05) is 20.3 Å². The monoisotopic (exact) mass is 278 g/mol. The average Bonchev–Trinajstić information content (AvgIpc) is 2.69. The summed E-state index contributed by atoms with van der Waals surface area (Å²) in [6, 6.07) is 5.40. The van der Waals surface area contributed by atoms with Gasteiger partial charge in [0.2, 0.25) is 0 Å². The molecule has 0 bridgehead atoms. The highest BCUT2D eigenvalue weighted by atomic mass is 16.6. The maximum Gasteiger partial charge on any atom is 0.311 e. The summed E-state index contributed by atoms with van der Waals surface area (Å²) in [6.07, 6.45) is 3.56. The van der Waals surface area contributed by atoms with Crippen LogP contribution < -0.4 is 10.1 Å². The van der Waals surface area contributed by atoms with Crippen LogP contribution in [0.25, 0.3) is 0 Å². The van der Waals surface area contributed by atoms with Crippen molar-refractivity contribution in [3.63, 3.8) is 0 Å². The lowest BCUT2D eigenvalue weighted by atomic mass is 9.87. The summed E-state index contributed by atoms with van der Waals surface area (Å²) < 4.78 is 5.37. The molecule has 1 unspecified atom stereocenters. The minimum Gasteiger partial charge on any atom is -0.487 e. The molecule has 0 saturated heterocycles. The highest BCUT2D eigenvalue weighted by Crippen LogP contribution is 2.40. The second-order valence-electron chi connectivity index (χ2n) is 5.95. The first-order valence-electron chi connectivity index (χ1n) is 7.12. The number of rotatable bonds is 5. The van der Waals surface area contributed by atoms with Crippen molar-refractivity contribution in [3.8, 4) is 5.75 Å². The first-order chi connectivity index (χ1) is 9.44. The van der Waals surface area contributed by atoms with Crippen LogP contribution in [0.2, 0.25) is 0 Å². The fraction of sp³-hybridized carbons (Fsp3) is 0.600. The molecule has 1 fully saturated rings. The summed E-state index contributed by atoms with van der Waals surface area (Å²) in [5.74, 6) is 0.332. The molecular weight excluding hydrogens is 256 g/mol. The average molecular weight is 278 g/mol. The predicted octanol–water partition coefficient (Wildman–Crippen LogP) is 3.98. The van der Waals surface area contributed by atoms with E-state index in [1.165, 1.54) is 18.9 Å². The van der Waals surface area contributed by atoms with Crippen LogP contribution >= 0.6 is 0 Å². The van der Waals surface area contributed by atoms with Crippen molar-refractivity contribution < 1.29 is 9.66 Å². The number of anilines is 1. The zero-order valence-electron chi connectivity index (χ0n) is 12.3. The number of nitrogens with one attached hydrogen (secondary N) is 1. The van der Waals surface area contributed by atoms with Crippen LogP contribution in [-0.2, 0) is 0 Å². The molecule has 0 aromatic heterocycles. The number of nitrogens with zero attached hydrogens (tertiary/aromatic N) is 1. The molecule has 5 nitrogen and oxygen atoms in total. The third kappa shape index (κ3) is 3.03. The second kappa shape index (κ2) is 5.69. The van der Waals surface area contributed by atoms with Crippen molar-refractivity contribution in [3.05, 3.63) is 28.3 Å². The van der Waals surface area contributed by atoms with Gasteiger partial charge in [0.25, 0.3) is 0 Å². The fourth-order valence-electron chi connectivity index (χ4n) is 2.82. The van der Waals surface area contributed by atoms with E-state index in [1.807, 2.05) is 6.92 Å². The van der Waals surface area contributed by atoms with Crippen LogP contribution in [-0.4, -0.2) is 17.6 Å². The van der Waals surface area contributed by atoms with Crippen molar-refractivity contribution in [2.75, 3.05) is 11.9 Å². The number of benzene rings is 1. The molecule has 1 aromatic rings. The van der Waals surface area contributed by atoms with Gasteiger partial charge in [0, 0.05) is 23.9 Å². The Morgan fingerprint density at radius 1 is 1.50 bits per heavy atom. The number of hydrogen-bond donors (Lipinski definition) is 1. The maximum atomic E-state index is 11.0. The molecule has 1 saturated carbocycles. The third-order valence-electron chi connectivity index (χ3n) is 4.05. The molecule has 20 heavy (non-hydrogen) atoms. The van der Waals surface area contributed by atoms with Crippen molar-refractivity contribution in [1.29, 1.82) is 0 Å². The molecule has 0 radical (unpaired) electrons. The number of nitro benzene ring substituents is 1. The molecule has 5 heteroatoms. The van der Waals surface area contributed by atoms with E-state index in [0.717, 1.165) is 12.1 Å². The minimum absolute atomic E-state index is 0.0167. The zero-order chi connectivity index (χ0) is 14.8. The van der Waals surface area contributed by atoms with Crippen LogP contribution in [0, 0.1) is 15.5 Å². The Hall–Kier alpha value is -1.78. The van der Waals surface area contributed by atoms with E-state index in [9.17, 15) is 10.1 Å². The molecule has 1 aliphatic carbocycles. The first kappa shape index (κ1) is 14.6. The van der Waals surface area contributed by atoms with E-state index in [2.05, 4.69) is 19.2 Å². The summed E-state index contributed by atoms with van der Waals surface area (Å²) >= 11 is 0. The summed E-state index contributed by atoms with van der Waals surface area (Å²) in [6.45, 7) is 6.75. The van der Waals surface area contributed by atoms with E-state index in [4.69, 9.17) is 4.74 Å². The van der Waals surface area contributed by atoms with Gasteiger partial charge < -0.3 is 10.1 Å². The van der Waals surface area contributed by atoms with Gasteiger partial charge >= 0.3 is 5.69 Å². The Morgan fingerprint density at radius 3 is 2.80 bits per heavy atom. The molecule has 0 spiro atoms. The molecule has 0 amide bonds. The Bertz CT molecular complexity index is 500. The van der Waals surface area contributed by atoms with E-state index in [1.54, 1.807) is 12.1 Å². The number of nitro groups is 1. The Balaban J connectivity index is 2.20. The van der Waals surface area contributed by atoms with Gasteiger partial charge in [-0.3, -0.25) is 10.1 Å². The summed E-state index contributed by atoms with van der Waals surface area (Å²) in [5, 5.41) is 14.5. The Morgan fingerprint density at radius 2 is 2.25 bits per heavy atom. The van der Waals surface area contributed by atoms with Crippen LogP contribution in [0.15, 0.2) is 18.2 Å². The molecule has 1 atom stereocenters. The second-order valence-corrected chi connectivity index (χ2v) is 5.95. The van der Waals surface area contributed by atoms with E-state index >= 15 is 0 Å². The van der Waals surface area contributed by atoms with Crippen molar-refractivity contribution in [2.45, 2.75) is 46.1 Å². The summed E-state index contributed by atoms with van der Waals surface area (Å²) in [7, 11) is 0. The Kier molecular flexibility index (Phi) is 4.16. The fourth-order valence-corrected chi connectivity index (χ4v) is 2.82. The van der Waals surface area contributed by atoms with Gasteiger partial charge in [-0.2, -0.15) is 0 Å². The number of ether oxygens (including phenoxy) is 1. The smallest absolute Gasteiger partial charge is 0.311 e. The Labute approximate surface area is 119 Å². The van der Waals surface area contributed by atoms with Gasteiger partial charge in [-0.25, -0.2) is 0 Å². The minimum atomic E-state index is -0.408. The van der Waals surface area contributed by atoms with Gasteiger partial charge in [0.05, 0.1) is 11.5 Å². The largest absolute Gasteiger partial charge is 0.487 e. The molecule has 0 aliphatic heterocycles. The molecule has 110 valence electrons. The van der Waals surface area contributed by atoms with Gasteiger partial charge in [0.15, 0.2) is 5.75 Å². The highest BCUT2D eigenvalue weighted by Gasteiger charge is 2.34. The molecular formula is C15H22N2O3. The van der Waals surface area contributed by atoms with E-state index in [0.29, 0.717) is 18.4 Å².